The molecule has 1 aliphatic carbocycles. The lowest BCUT2D eigenvalue weighted by atomic mass is 9.90. The zero-order chi connectivity index (χ0) is 7.19. The Bertz CT molecular complexity index is 219. The summed E-state index contributed by atoms with van der Waals surface area (Å²) in [4.78, 5) is 5.28. The van der Waals surface area contributed by atoms with Crippen LogP contribution in [-0.4, -0.2) is 11.3 Å². The van der Waals surface area contributed by atoms with Gasteiger partial charge < -0.3 is 4.84 Å². The molecule has 0 amide bonds. The van der Waals surface area contributed by atoms with Gasteiger partial charge in [-0.25, -0.2) is 0 Å². The maximum Gasteiger partial charge on any atom is 0.161 e. The molecule has 2 atom stereocenters. The Morgan fingerprint density at radius 1 is 1.80 bits per heavy atom. The molecule has 0 aromatic heterocycles. The molecular formula is C8H11NO. The van der Waals surface area contributed by atoms with Crippen molar-refractivity contribution in [3.05, 3.63) is 12.2 Å². The van der Waals surface area contributed by atoms with Crippen LogP contribution in [0.15, 0.2) is 17.3 Å². The summed E-state index contributed by atoms with van der Waals surface area (Å²) < 4.78 is 0. The van der Waals surface area contributed by atoms with E-state index in [0.29, 0.717) is 5.92 Å². The fourth-order valence-electron chi connectivity index (χ4n) is 1.70. The predicted molar refractivity (Wildman–Crippen MR) is 39.8 cm³/mol. The molecule has 0 fully saturated rings. The minimum absolute atomic E-state index is 0.107. The third kappa shape index (κ3) is 0.564. The van der Waals surface area contributed by atoms with Gasteiger partial charge in [-0.05, 0) is 26.3 Å². The van der Waals surface area contributed by atoms with Crippen LogP contribution in [0.2, 0.25) is 0 Å². The van der Waals surface area contributed by atoms with Crippen LogP contribution in [-0.2, 0) is 4.84 Å². The van der Waals surface area contributed by atoms with E-state index in [1.807, 2.05) is 6.92 Å². The molecule has 0 saturated carbocycles. The van der Waals surface area contributed by atoms with Crippen molar-refractivity contribution in [3.8, 4) is 0 Å². The lowest BCUT2D eigenvalue weighted by Crippen LogP contribution is -2.28. The summed E-state index contributed by atoms with van der Waals surface area (Å²) in [6, 6.07) is 0. The van der Waals surface area contributed by atoms with Crippen molar-refractivity contribution in [3.63, 3.8) is 0 Å². The molecule has 1 heterocycles. The first-order valence-corrected chi connectivity index (χ1v) is 3.63. The van der Waals surface area contributed by atoms with Crippen LogP contribution < -0.4 is 0 Å². The van der Waals surface area contributed by atoms with E-state index in [-0.39, 0.29) is 5.60 Å². The van der Waals surface area contributed by atoms with E-state index in [9.17, 15) is 0 Å². The van der Waals surface area contributed by atoms with Gasteiger partial charge in [0.15, 0.2) is 5.60 Å². The van der Waals surface area contributed by atoms with Crippen molar-refractivity contribution in [2.45, 2.75) is 25.9 Å². The van der Waals surface area contributed by atoms with Crippen LogP contribution in [0.3, 0.4) is 0 Å². The summed E-state index contributed by atoms with van der Waals surface area (Å²) >= 11 is 0. The van der Waals surface area contributed by atoms with Gasteiger partial charge in [0.2, 0.25) is 0 Å². The number of hydrogen-bond donors (Lipinski definition) is 0. The zero-order valence-electron chi connectivity index (χ0n) is 6.29. The van der Waals surface area contributed by atoms with Crippen molar-refractivity contribution in [1.29, 1.82) is 0 Å². The number of fused-ring (bicyclic) bond motifs is 1. The minimum Gasteiger partial charge on any atom is -0.385 e. The molecule has 0 aromatic carbocycles. The van der Waals surface area contributed by atoms with Gasteiger partial charge in [-0.3, -0.25) is 0 Å². The van der Waals surface area contributed by atoms with Crippen LogP contribution in [0, 0.1) is 5.92 Å². The van der Waals surface area contributed by atoms with Crippen LogP contribution in [0.1, 0.15) is 20.3 Å². The summed E-state index contributed by atoms with van der Waals surface area (Å²) in [7, 11) is 0. The number of hydrogen-bond acceptors (Lipinski definition) is 2. The molecule has 54 valence electrons. The second kappa shape index (κ2) is 1.62. The van der Waals surface area contributed by atoms with E-state index < -0.39 is 0 Å². The number of nitrogens with zero attached hydrogens (tertiary/aromatic N) is 1. The van der Waals surface area contributed by atoms with Crippen molar-refractivity contribution >= 4 is 5.71 Å². The van der Waals surface area contributed by atoms with Crippen molar-refractivity contribution in [2.75, 3.05) is 0 Å². The molecule has 0 saturated heterocycles. The van der Waals surface area contributed by atoms with Gasteiger partial charge in [0.05, 0.1) is 5.71 Å². The van der Waals surface area contributed by atoms with E-state index in [2.05, 4.69) is 24.2 Å². The highest BCUT2D eigenvalue weighted by molar-refractivity contribution is 5.87. The monoisotopic (exact) mass is 137 g/mol. The first kappa shape index (κ1) is 5.96. The SMILES string of the molecule is CC1=NOC2(C)C=CCC12. The van der Waals surface area contributed by atoms with Gasteiger partial charge in [0.25, 0.3) is 0 Å². The minimum atomic E-state index is -0.107. The highest BCUT2D eigenvalue weighted by atomic mass is 16.7. The second-order valence-electron chi connectivity index (χ2n) is 3.20. The van der Waals surface area contributed by atoms with Gasteiger partial charge in [-0.1, -0.05) is 11.2 Å². The van der Waals surface area contributed by atoms with Gasteiger partial charge in [-0.15, -0.1) is 0 Å². The molecule has 2 rings (SSSR count). The number of oxime groups is 1. The molecule has 1 aliphatic heterocycles. The summed E-state index contributed by atoms with van der Waals surface area (Å²) in [5.74, 6) is 0.507. The predicted octanol–water partition coefficient (Wildman–Crippen LogP) is 1.73. The fraction of sp³-hybridized carbons (Fsp3) is 0.625. The average Bonchev–Trinajstić information content (AvgIpc) is 2.35. The topological polar surface area (TPSA) is 21.6 Å². The zero-order valence-corrected chi connectivity index (χ0v) is 6.29. The Kier molecular flexibility index (Phi) is 0.967. The second-order valence-corrected chi connectivity index (χ2v) is 3.20. The Hall–Kier alpha value is -0.790. The Morgan fingerprint density at radius 2 is 2.60 bits per heavy atom. The largest absolute Gasteiger partial charge is 0.385 e. The molecular weight excluding hydrogens is 126 g/mol. The lowest BCUT2D eigenvalue weighted by molar-refractivity contribution is 0.0174. The molecule has 2 nitrogen and oxygen atoms in total. The molecule has 2 aliphatic rings. The summed E-state index contributed by atoms with van der Waals surface area (Å²) in [6.07, 6.45) is 5.37. The van der Waals surface area contributed by atoms with E-state index in [0.717, 1.165) is 12.1 Å². The molecule has 10 heavy (non-hydrogen) atoms. The Morgan fingerprint density at radius 3 is 3.30 bits per heavy atom. The highest BCUT2D eigenvalue weighted by Gasteiger charge is 2.43. The summed E-state index contributed by atoms with van der Waals surface area (Å²) in [6.45, 7) is 4.12. The maximum atomic E-state index is 5.28. The van der Waals surface area contributed by atoms with E-state index in [1.54, 1.807) is 0 Å². The van der Waals surface area contributed by atoms with Gasteiger partial charge >= 0.3 is 0 Å². The van der Waals surface area contributed by atoms with E-state index >= 15 is 0 Å². The third-order valence-corrected chi connectivity index (χ3v) is 2.40. The third-order valence-electron chi connectivity index (χ3n) is 2.40. The van der Waals surface area contributed by atoms with Crippen LogP contribution in [0.5, 0.6) is 0 Å². The summed E-state index contributed by atoms with van der Waals surface area (Å²) in [5, 5.41) is 3.96. The normalized spacial score (nSPS) is 43.0. The highest BCUT2D eigenvalue weighted by Crippen LogP contribution is 2.38. The van der Waals surface area contributed by atoms with Gasteiger partial charge in [-0.2, -0.15) is 0 Å². The molecule has 2 unspecified atom stereocenters. The van der Waals surface area contributed by atoms with E-state index in [1.165, 1.54) is 0 Å². The first-order chi connectivity index (χ1) is 4.72. The summed E-state index contributed by atoms with van der Waals surface area (Å²) in [5.41, 5.74) is 1.02. The molecule has 0 aromatic rings. The molecule has 0 N–H and O–H groups in total. The quantitative estimate of drug-likeness (QED) is 0.466. The Labute approximate surface area is 60.6 Å². The van der Waals surface area contributed by atoms with Crippen molar-refractivity contribution < 1.29 is 4.84 Å². The number of rotatable bonds is 0. The molecule has 0 radical (unpaired) electrons. The smallest absolute Gasteiger partial charge is 0.161 e. The van der Waals surface area contributed by atoms with Crippen LogP contribution in [0.4, 0.5) is 0 Å². The van der Waals surface area contributed by atoms with Crippen LogP contribution in [0.25, 0.3) is 0 Å². The standard InChI is InChI=1S/C8H11NO/c1-6-7-4-3-5-8(7,2)10-9-6/h3,5,7H,4H2,1-2H3. The number of allylic oxidation sites excluding steroid dienone is 1. The van der Waals surface area contributed by atoms with Gasteiger partial charge in [0, 0.05) is 5.92 Å². The van der Waals surface area contributed by atoms with Crippen LogP contribution >= 0.6 is 0 Å². The molecule has 0 bridgehead atoms. The molecule has 2 heteroatoms. The first-order valence-electron chi connectivity index (χ1n) is 3.63. The fourth-order valence-corrected chi connectivity index (χ4v) is 1.70. The molecule has 0 spiro atoms. The van der Waals surface area contributed by atoms with E-state index in [4.69, 9.17) is 4.84 Å². The maximum absolute atomic E-state index is 5.28. The lowest BCUT2D eigenvalue weighted by Gasteiger charge is -2.19. The van der Waals surface area contributed by atoms with Crippen molar-refractivity contribution in [2.24, 2.45) is 11.1 Å². The average molecular weight is 137 g/mol. The van der Waals surface area contributed by atoms with Crippen molar-refractivity contribution in [1.82, 2.24) is 0 Å². The Balaban J connectivity index is 2.32. The van der Waals surface area contributed by atoms with Gasteiger partial charge in [0.1, 0.15) is 0 Å².